The van der Waals surface area contributed by atoms with Crippen LogP contribution >= 0.6 is 0 Å². The van der Waals surface area contributed by atoms with Gasteiger partial charge in [-0.1, -0.05) is 6.92 Å². The highest BCUT2D eigenvalue weighted by Gasteiger charge is 2.39. The highest BCUT2D eigenvalue weighted by atomic mass is 19.4. The van der Waals surface area contributed by atoms with Crippen LogP contribution in [0.3, 0.4) is 0 Å². The molecule has 0 saturated heterocycles. The fraction of sp³-hybridized carbons (Fsp3) is 0.500. The van der Waals surface area contributed by atoms with Crippen LogP contribution in [0.25, 0.3) is 10.9 Å². The van der Waals surface area contributed by atoms with Gasteiger partial charge >= 0.3 is 6.18 Å². The van der Waals surface area contributed by atoms with Crippen molar-refractivity contribution in [2.24, 2.45) is 5.92 Å². The van der Waals surface area contributed by atoms with Gasteiger partial charge in [0.25, 0.3) is 6.43 Å². The third-order valence-corrected chi connectivity index (χ3v) is 3.87. The predicted molar refractivity (Wildman–Crippen MR) is 77.7 cm³/mol. The molecule has 0 amide bonds. The van der Waals surface area contributed by atoms with E-state index >= 15 is 0 Å². The van der Waals surface area contributed by atoms with Gasteiger partial charge in [-0.15, -0.1) is 0 Å². The van der Waals surface area contributed by atoms with Gasteiger partial charge in [0.1, 0.15) is 5.60 Å². The Morgan fingerprint density at radius 2 is 1.83 bits per heavy atom. The molecule has 0 aliphatic heterocycles. The van der Waals surface area contributed by atoms with Gasteiger partial charge in [0, 0.05) is 23.0 Å². The zero-order chi connectivity index (χ0) is 18.1. The number of aromatic amines is 1. The number of nitrogens with one attached hydrogen (secondary N) is 1. The molecule has 0 aliphatic carbocycles. The van der Waals surface area contributed by atoms with E-state index in [4.69, 9.17) is 0 Å². The topological polar surface area (TPSA) is 36.0 Å². The van der Waals surface area contributed by atoms with Gasteiger partial charge in [-0.25, -0.2) is 8.78 Å². The zero-order valence-corrected chi connectivity index (χ0v) is 12.8. The Labute approximate surface area is 134 Å². The SMILES string of the molecule is CC(CF)CC(O)(Cc1cc2cc(C(F)(F)F)ccc2[nH]1)C(F)F. The molecule has 0 fully saturated rings. The second-order valence-electron chi connectivity index (χ2n) is 6.14. The molecule has 2 aromatic rings. The molecule has 8 heteroatoms. The molecule has 0 spiro atoms. The van der Waals surface area contributed by atoms with Crippen molar-refractivity contribution in [3.05, 3.63) is 35.5 Å². The highest BCUT2D eigenvalue weighted by Crippen LogP contribution is 2.33. The maximum absolute atomic E-state index is 13.2. The molecule has 2 rings (SSSR count). The minimum absolute atomic E-state index is 0.165. The molecule has 1 aromatic heterocycles. The summed E-state index contributed by atoms with van der Waals surface area (Å²) in [7, 11) is 0. The number of benzene rings is 1. The van der Waals surface area contributed by atoms with Crippen molar-refractivity contribution in [2.45, 2.75) is 38.0 Å². The highest BCUT2D eigenvalue weighted by molar-refractivity contribution is 5.81. The first-order chi connectivity index (χ1) is 11.0. The van der Waals surface area contributed by atoms with Crippen molar-refractivity contribution in [3.63, 3.8) is 0 Å². The summed E-state index contributed by atoms with van der Waals surface area (Å²) >= 11 is 0. The number of alkyl halides is 6. The molecule has 0 saturated carbocycles. The molecule has 2 N–H and O–H groups in total. The quantitative estimate of drug-likeness (QED) is 0.724. The van der Waals surface area contributed by atoms with Crippen molar-refractivity contribution in [1.29, 1.82) is 0 Å². The first kappa shape index (κ1) is 18.6. The molecule has 2 nitrogen and oxygen atoms in total. The van der Waals surface area contributed by atoms with Crippen molar-refractivity contribution >= 4 is 10.9 Å². The predicted octanol–water partition coefficient (Wildman–Crippen LogP) is 4.72. The van der Waals surface area contributed by atoms with Crippen LogP contribution in [0.2, 0.25) is 0 Å². The molecule has 24 heavy (non-hydrogen) atoms. The smallest absolute Gasteiger partial charge is 0.384 e. The number of aromatic nitrogens is 1. The summed E-state index contributed by atoms with van der Waals surface area (Å²) in [6.45, 7) is 0.546. The summed E-state index contributed by atoms with van der Waals surface area (Å²) in [4.78, 5) is 2.72. The van der Waals surface area contributed by atoms with E-state index in [1.807, 2.05) is 0 Å². The van der Waals surface area contributed by atoms with E-state index in [1.165, 1.54) is 19.1 Å². The second kappa shape index (κ2) is 6.66. The molecule has 2 atom stereocenters. The van der Waals surface area contributed by atoms with Gasteiger partial charge in [0.2, 0.25) is 0 Å². The summed E-state index contributed by atoms with van der Waals surface area (Å²) in [6.07, 6.45) is -8.58. The summed E-state index contributed by atoms with van der Waals surface area (Å²) in [5.74, 6) is -0.759. The van der Waals surface area contributed by atoms with Crippen LogP contribution < -0.4 is 0 Å². The molecular weight excluding hydrogens is 336 g/mol. The first-order valence-electron chi connectivity index (χ1n) is 7.30. The lowest BCUT2D eigenvalue weighted by atomic mass is 9.88. The Kier molecular flexibility index (Phi) is 5.17. The molecule has 2 unspecified atom stereocenters. The number of fused-ring (bicyclic) bond motifs is 1. The average Bonchev–Trinajstić information content (AvgIpc) is 2.86. The summed E-state index contributed by atoms with van der Waals surface area (Å²) in [6, 6.07) is 4.28. The van der Waals surface area contributed by atoms with E-state index in [9.17, 15) is 31.4 Å². The molecule has 0 bridgehead atoms. The Balaban J connectivity index is 2.31. The van der Waals surface area contributed by atoms with Gasteiger partial charge in [-0.05, 0) is 36.6 Å². The summed E-state index contributed by atoms with van der Waals surface area (Å²) < 4.78 is 77.1. The maximum atomic E-state index is 13.2. The van der Waals surface area contributed by atoms with Gasteiger partial charge in [-0.2, -0.15) is 13.2 Å². The Bertz CT molecular complexity index is 695. The number of rotatable bonds is 6. The number of aliphatic hydroxyl groups is 1. The minimum Gasteiger partial charge on any atom is -0.384 e. The zero-order valence-electron chi connectivity index (χ0n) is 12.8. The molecule has 134 valence electrons. The van der Waals surface area contributed by atoms with Crippen molar-refractivity contribution in [3.8, 4) is 0 Å². The van der Waals surface area contributed by atoms with Gasteiger partial charge in [0.15, 0.2) is 0 Å². The van der Waals surface area contributed by atoms with E-state index in [2.05, 4.69) is 4.98 Å². The lowest BCUT2D eigenvalue weighted by molar-refractivity contribution is -0.137. The van der Waals surface area contributed by atoms with E-state index in [-0.39, 0.29) is 11.1 Å². The van der Waals surface area contributed by atoms with Gasteiger partial charge in [-0.3, -0.25) is 4.39 Å². The number of hydrogen-bond donors (Lipinski definition) is 2. The van der Waals surface area contributed by atoms with Crippen molar-refractivity contribution in [2.75, 3.05) is 6.67 Å². The van der Waals surface area contributed by atoms with E-state index in [0.717, 1.165) is 12.1 Å². The van der Waals surface area contributed by atoms with Crippen LogP contribution in [-0.4, -0.2) is 28.8 Å². The summed E-state index contributed by atoms with van der Waals surface area (Å²) in [5.41, 5.74) is -2.79. The number of hydrogen-bond acceptors (Lipinski definition) is 1. The molecule has 1 heterocycles. The third kappa shape index (κ3) is 4.03. The fourth-order valence-electron chi connectivity index (χ4n) is 2.69. The lowest BCUT2D eigenvalue weighted by Crippen LogP contribution is -2.41. The van der Waals surface area contributed by atoms with Crippen LogP contribution in [0.5, 0.6) is 0 Å². The molecule has 1 aromatic carbocycles. The van der Waals surface area contributed by atoms with E-state index in [1.54, 1.807) is 0 Å². The average molecular weight is 353 g/mol. The number of H-pyrrole nitrogens is 1. The normalized spacial score (nSPS) is 16.5. The molecular formula is C16H17F6NO. The van der Waals surface area contributed by atoms with Crippen molar-refractivity contribution < 1.29 is 31.4 Å². The van der Waals surface area contributed by atoms with E-state index < -0.39 is 49.2 Å². The Morgan fingerprint density at radius 3 is 2.38 bits per heavy atom. The van der Waals surface area contributed by atoms with Crippen molar-refractivity contribution in [1.82, 2.24) is 4.98 Å². The minimum atomic E-state index is -4.51. The first-order valence-corrected chi connectivity index (χ1v) is 7.30. The lowest BCUT2D eigenvalue weighted by Gasteiger charge is -2.28. The van der Waals surface area contributed by atoms with Crippen LogP contribution in [0.4, 0.5) is 26.3 Å². The molecule has 0 radical (unpaired) electrons. The molecule has 0 aliphatic rings. The van der Waals surface area contributed by atoms with Gasteiger partial charge in [0.05, 0.1) is 12.2 Å². The second-order valence-corrected chi connectivity index (χ2v) is 6.14. The van der Waals surface area contributed by atoms with Gasteiger partial charge < -0.3 is 10.1 Å². The Morgan fingerprint density at radius 1 is 1.17 bits per heavy atom. The number of halogens is 6. The third-order valence-electron chi connectivity index (χ3n) is 3.87. The van der Waals surface area contributed by atoms with Crippen LogP contribution in [0.1, 0.15) is 24.6 Å². The fourth-order valence-corrected chi connectivity index (χ4v) is 2.69. The summed E-state index contributed by atoms with van der Waals surface area (Å²) in [5, 5.41) is 10.3. The largest absolute Gasteiger partial charge is 0.416 e. The maximum Gasteiger partial charge on any atom is 0.416 e. The van der Waals surface area contributed by atoms with E-state index in [0.29, 0.717) is 5.52 Å². The standard InChI is InChI=1S/C16H17F6NO/c1-9(8-17)6-15(24,14(18)19)7-12-5-10-4-11(16(20,21)22)2-3-13(10)23-12/h2-5,9,14,23-24H,6-8H2,1H3. The monoisotopic (exact) mass is 353 g/mol. The van der Waals surface area contributed by atoms with Crippen LogP contribution in [0.15, 0.2) is 24.3 Å². The van der Waals surface area contributed by atoms with Crippen LogP contribution in [0, 0.1) is 5.92 Å². The Hall–Kier alpha value is -1.70. The van der Waals surface area contributed by atoms with Crippen LogP contribution in [-0.2, 0) is 12.6 Å².